The third-order valence-corrected chi connectivity index (χ3v) is 6.83. The molecule has 184 valence electrons. The van der Waals surface area contributed by atoms with Crippen LogP contribution in [0.3, 0.4) is 0 Å². The van der Waals surface area contributed by atoms with Crippen molar-refractivity contribution in [2.24, 2.45) is 0 Å². The minimum absolute atomic E-state index is 0.00882. The maximum absolute atomic E-state index is 12.3. The number of ether oxygens (including phenoxy) is 3. The Bertz CT molecular complexity index is 1250. The van der Waals surface area contributed by atoms with Crippen LogP contribution in [0.25, 0.3) is 10.1 Å². The first kappa shape index (κ1) is 25.9. The van der Waals surface area contributed by atoms with E-state index in [1.54, 1.807) is 42.5 Å². The molecule has 0 spiro atoms. The van der Waals surface area contributed by atoms with E-state index in [-0.39, 0.29) is 11.4 Å². The SMILES string of the molecule is COC(=O)/C=C(\C(=O)OC)N(C)CCc1c(C(OC)c2ccc([N+](=O)[O-])cc2)sc2ccccc12. The van der Waals surface area contributed by atoms with Gasteiger partial charge in [0.15, 0.2) is 0 Å². The number of rotatable bonds is 10. The molecule has 0 saturated carbocycles. The van der Waals surface area contributed by atoms with Gasteiger partial charge in [-0.1, -0.05) is 18.2 Å². The first-order valence-electron chi connectivity index (χ1n) is 10.7. The molecule has 1 aromatic heterocycles. The van der Waals surface area contributed by atoms with E-state index in [4.69, 9.17) is 9.47 Å². The summed E-state index contributed by atoms with van der Waals surface area (Å²) < 4.78 is 16.4. The Kier molecular flexibility index (Phi) is 8.56. The molecule has 1 unspecified atom stereocenters. The highest BCUT2D eigenvalue weighted by molar-refractivity contribution is 7.19. The van der Waals surface area contributed by atoms with Gasteiger partial charge in [0.05, 0.1) is 25.2 Å². The Morgan fingerprint density at radius 1 is 1.09 bits per heavy atom. The highest BCUT2D eigenvalue weighted by Crippen LogP contribution is 2.40. The van der Waals surface area contributed by atoms with Gasteiger partial charge in [0, 0.05) is 42.4 Å². The van der Waals surface area contributed by atoms with E-state index in [0.717, 1.165) is 32.2 Å². The number of benzene rings is 2. The molecule has 0 fully saturated rings. The third-order valence-electron chi connectivity index (χ3n) is 5.57. The number of likely N-dealkylation sites (N-methyl/N-ethyl adjacent to an activating group) is 1. The zero-order valence-electron chi connectivity index (χ0n) is 19.8. The zero-order valence-corrected chi connectivity index (χ0v) is 20.7. The van der Waals surface area contributed by atoms with Gasteiger partial charge < -0.3 is 19.1 Å². The van der Waals surface area contributed by atoms with E-state index >= 15 is 0 Å². The van der Waals surface area contributed by atoms with Gasteiger partial charge in [-0.15, -0.1) is 11.3 Å². The van der Waals surface area contributed by atoms with Crippen molar-refractivity contribution in [3.05, 3.63) is 86.4 Å². The second-order valence-electron chi connectivity index (χ2n) is 7.62. The van der Waals surface area contributed by atoms with Gasteiger partial charge in [0.2, 0.25) is 0 Å². The summed E-state index contributed by atoms with van der Waals surface area (Å²) in [7, 11) is 5.78. The summed E-state index contributed by atoms with van der Waals surface area (Å²) >= 11 is 1.59. The van der Waals surface area contributed by atoms with E-state index in [2.05, 4.69) is 4.74 Å². The Hall–Kier alpha value is -3.76. The molecule has 0 aliphatic heterocycles. The van der Waals surface area contributed by atoms with Crippen LogP contribution in [-0.2, 0) is 30.2 Å². The first-order valence-corrected chi connectivity index (χ1v) is 11.5. The monoisotopic (exact) mass is 498 g/mol. The molecule has 0 aliphatic carbocycles. The van der Waals surface area contributed by atoms with Crippen LogP contribution in [0, 0.1) is 10.1 Å². The molecular formula is C25H26N2O7S. The van der Waals surface area contributed by atoms with E-state index in [0.29, 0.717) is 13.0 Å². The normalized spacial score (nSPS) is 12.3. The highest BCUT2D eigenvalue weighted by atomic mass is 32.1. The number of nitro groups is 1. The molecule has 0 radical (unpaired) electrons. The van der Waals surface area contributed by atoms with Crippen LogP contribution in [-0.4, -0.2) is 56.7 Å². The van der Waals surface area contributed by atoms with Crippen LogP contribution in [0.15, 0.2) is 60.3 Å². The summed E-state index contributed by atoms with van der Waals surface area (Å²) in [6.07, 6.45) is 1.21. The van der Waals surface area contributed by atoms with Crippen LogP contribution in [0.2, 0.25) is 0 Å². The van der Waals surface area contributed by atoms with Crippen LogP contribution >= 0.6 is 11.3 Å². The lowest BCUT2D eigenvalue weighted by Gasteiger charge is -2.22. The molecule has 9 nitrogen and oxygen atoms in total. The molecule has 0 amide bonds. The molecule has 2 aromatic carbocycles. The van der Waals surface area contributed by atoms with Crippen molar-refractivity contribution in [3.63, 3.8) is 0 Å². The minimum atomic E-state index is -0.656. The molecule has 10 heteroatoms. The molecule has 0 aliphatic rings. The zero-order chi connectivity index (χ0) is 25.5. The predicted molar refractivity (Wildman–Crippen MR) is 132 cm³/mol. The molecule has 1 heterocycles. The number of carbonyl (C=O) groups excluding carboxylic acids is 2. The number of thiophene rings is 1. The summed E-state index contributed by atoms with van der Waals surface area (Å²) in [6, 6.07) is 14.3. The summed E-state index contributed by atoms with van der Waals surface area (Å²) in [5.41, 5.74) is 1.92. The number of fused-ring (bicyclic) bond motifs is 1. The van der Waals surface area contributed by atoms with Crippen molar-refractivity contribution >= 4 is 39.0 Å². The predicted octanol–water partition coefficient (Wildman–Crippen LogP) is 4.25. The van der Waals surface area contributed by atoms with Crippen molar-refractivity contribution in [2.45, 2.75) is 12.5 Å². The quantitative estimate of drug-likeness (QED) is 0.177. The van der Waals surface area contributed by atoms with Crippen molar-refractivity contribution in [1.29, 1.82) is 0 Å². The fraction of sp³-hybridized carbons (Fsp3) is 0.280. The van der Waals surface area contributed by atoms with Gasteiger partial charge in [-0.2, -0.15) is 0 Å². The number of hydrogen-bond acceptors (Lipinski definition) is 9. The van der Waals surface area contributed by atoms with Gasteiger partial charge >= 0.3 is 11.9 Å². The van der Waals surface area contributed by atoms with Crippen molar-refractivity contribution in [1.82, 2.24) is 4.90 Å². The summed E-state index contributed by atoms with van der Waals surface area (Å²) in [5, 5.41) is 12.1. The largest absolute Gasteiger partial charge is 0.466 e. The van der Waals surface area contributed by atoms with Crippen LogP contribution in [0.1, 0.15) is 22.1 Å². The molecular weight excluding hydrogens is 472 g/mol. The fourth-order valence-electron chi connectivity index (χ4n) is 3.75. The second kappa shape index (κ2) is 11.6. The maximum Gasteiger partial charge on any atom is 0.354 e. The van der Waals surface area contributed by atoms with Crippen LogP contribution < -0.4 is 0 Å². The van der Waals surface area contributed by atoms with Crippen LogP contribution in [0.5, 0.6) is 0 Å². The van der Waals surface area contributed by atoms with E-state index in [9.17, 15) is 19.7 Å². The van der Waals surface area contributed by atoms with Gasteiger partial charge in [0.25, 0.3) is 5.69 Å². The molecule has 0 saturated heterocycles. The van der Waals surface area contributed by atoms with Crippen molar-refractivity contribution < 1.29 is 28.7 Å². The Balaban J connectivity index is 1.97. The molecule has 3 aromatic rings. The average molecular weight is 499 g/mol. The molecule has 3 rings (SSSR count). The first-order chi connectivity index (χ1) is 16.8. The molecule has 35 heavy (non-hydrogen) atoms. The van der Waals surface area contributed by atoms with Crippen LogP contribution in [0.4, 0.5) is 5.69 Å². The highest BCUT2D eigenvalue weighted by Gasteiger charge is 2.24. The lowest BCUT2D eigenvalue weighted by Crippen LogP contribution is -2.28. The number of hydrogen-bond donors (Lipinski definition) is 0. The fourth-order valence-corrected chi connectivity index (χ4v) is 5.11. The third kappa shape index (κ3) is 5.84. The Labute approximate surface area is 206 Å². The topological polar surface area (TPSA) is 108 Å². The number of carbonyl (C=O) groups is 2. The maximum atomic E-state index is 12.3. The molecule has 1 atom stereocenters. The number of nitro benzene ring substituents is 1. The number of esters is 2. The van der Waals surface area contributed by atoms with E-state index < -0.39 is 23.0 Å². The summed E-state index contributed by atoms with van der Waals surface area (Å²) in [5.74, 6) is -1.30. The van der Waals surface area contributed by atoms with Crippen molar-refractivity contribution in [3.8, 4) is 0 Å². The number of non-ortho nitro benzene ring substituents is 1. The lowest BCUT2D eigenvalue weighted by atomic mass is 10.00. The molecule has 0 N–H and O–H groups in total. The van der Waals surface area contributed by atoms with Crippen molar-refractivity contribution in [2.75, 3.05) is 34.9 Å². The molecule has 0 bridgehead atoms. The van der Waals surface area contributed by atoms with E-state index in [1.165, 1.54) is 26.4 Å². The van der Waals surface area contributed by atoms with Gasteiger partial charge in [-0.05, 0) is 41.1 Å². The Morgan fingerprint density at radius 2 is 1.77 bits per heavy atom. The van der Waals surface area contributed by atoms with E-state index in [1.807, 2.05) is 24.3 Å². The smallest absolute Gasteiger partial charge is 0.354 e. The second-order valence-corrected chi connectivity index (χ2v) is 8.71. The van der Waals surface area contributed by atoms with Gasteiger partial charge in [-0.25, -0.2) is 9.59 Å². The summed E-state index contributed by atoms with van der Waals surface area (Å²) in [4.78, 5) is 37.3. The van der Waals surface area contributed by atoms with Gasteiger partial charge in [0.1, 0.15) is 11.8 Å². The standard InChI is InChI=1S/C25H26N2O7S/c1-26(20(25(29)34-4)15-22(28)32-2)14-13-19-18-7-5-6-8-21(18)35-24(19)23(33-3)16-9-11-17(12-10-16)27(30)31/h5-12,15,23H,13-14H2,1-4H3/b20-15+. The Morgan fingerprint density at radius 3 is 2.37 bits per heavy atom. The minimum Gasteiger partial charge on any atom is -0.466 e. The summed E-state index contributed by atoms with van der Waals surface area (Å²) in [6.45, 7) is 0.405. The van der Waals surface area contributed by atoms with Gasteiger partial charge in [-0.3, -0.25) is 10.1 Å². The lowest BCUT2D eigenvalue weighted by molar-refractivity contribution is -0.384. The number of methoxy groups -OCH3 is 3. The number of nitrogens with zero attached hydrogens (tertiary/aromatic N) is 2. The average Bonchev–Trinajstić information content (AvgIpc) is 3.24.